The molecule has 3 aliphatic heterocycles. The summed E-state index contributed by atoms with van der Waals surface area (Å²) in [7, 11) is 0. The van der Waals surface area contributed by atoms with Gasteiger partial charge in [0.2, 0.25) is 0 Å². The molecule has 1 amide bonds. The fourth-order valence-electron chi connectivity index (χ4n) is 3.50. The zero-order valence-corrected chi connectivity index (χ0v) is 11.3. The molecule has 2 aromatic rings. The number of pyridine rings is 1. The molecule has 20 heavy (non-hydrogen) atoms. The summed E-state index contributed by atoms with van der Waals surface area (Å²) in [6.45, 7) is 3.37. The number of fused-ring (bicyclic) bond motifs is 4. The maximum atomic E-state index is 12.5. The lowest BCUT2D eigenvalue weighted by atomic mass is 9.84. The maximum absolute atomic E-state index is 12.5. The molecule has 5 heterocycles. The van der Waals surface area contributed by atoms with Crippen molar-refractivity contribution in [1.82, 2.24) is 19.6 Å². The number of nitrogens with one attached hydrogen (secondary N) is 1. The zero-order chi connectivity index (χ0) is 13.5. The highest BCUT2D eigenvalue weighted by atomic mass is 16.1. The Kier molecular flexibility index (Phi) is 2.73. The average molecular weight is 270 g/mol. The molecule has 1 unspecified atom stereocenters. The molecule has 2 aromatic heterocycles. The molecule has 2 bridgehead atoms. The first-order valence-electron chi connectivity index (χ1n) is 7.26. The molecule has 5 nitrogen and oxygen atoms in total. The first kappa shape index (κ1) is 11.9. The van der Waals surface area contributed by atoms with Gasteiger partial charge in [0, 0.05) is 31.2 Å². The Morgan fingerprint density at radius 3 is 2.90 bits per heavy atom. The number of carbonyl (C=O) groups excluding carboxylic acids is 1. The predicted octanol–water partition coefficient (Wildman–Crippen LogP) is 1.16. The number of hydrogen-bond donors (Lipinski definition) is 1. The second-order valence-corrected chi connectivity index (χ2v) is 5.80. The van der Waals surface area contributed by atoms with Gasteiger partial charge in [-0.3, -0.25) is 4.79 Å². The molecule has 0 aliphatic carbocycles. The van der Waals surface area contributed by atoms with Crippen LogP contribution in [0.2, 0.25) is 0 Å². The second kappa shape index (κ2) is 4.59. The number of aromatic nitrogens is 2. The summed E-state index contributed by atoms with van der Waals surface area (Å²) >= 11 is 0. The van der Waals surface area contributed by atoms with E-state index in [4.69, 9.17) is 0 Å². The monoisotopic (exact) mass is 270 g/mol. The standard InChI is InChI=1S/C15H18N4O/c20-15(12-2-1-6-19-9-5-16-14(12)19)17-13-10-18-7-3-11(13)4-8-18/h1-2,5-6,9,11,13H,3-4,7-8,10H2,(H,17,20). The van der Waals surface area contributed by atoms with Crippen LogP contribution in [-0.4, -0.2) is 45.9 Å². The summed E-state index contributed by atoms with van der Waals surface area (Å²) < 4.78 is 1.88. The molecule has 5 heteroatoms. The van der Waals surface area contributed by atoms with Gasteiger partial charge < -0.3 is 14.6 Å². The second-order valence-electron chi connectivity index (χ2n) is 5.80. The van der Waals surface area contributed by atoms with Crippen LogP contribution in [0.5, 0.6) is 0 Å². The molecular weight excluding hydrogens is 252 g/mol. The number of hydrogen-bond acceptors (Lipinski definition) is 3. The third kappa shape index (κ3) is 1.89. The predicted molar refractivity (Wildman–Crippen MR) is 75.6 cm³/mol. The first-order valence-corrected chi connectivity index (χ1v) is 7.26. The third-order valence-electron chi connectivity index (χ3n) is 4.64. The normalized spacial score (nSPS) is 28.7. The molecule has 0 spiro atoms. The fraction of sp³-hybridized carbons (Fsp3) is 0.467. The average Bonchev–Trinajstić information content (AvgIpc) is 2.96. The molecular formula is C15H18N4O. The molecule has 1 N–H and O–H groups in total. The van der Waals surface area contributed by atoms with Crippen LogP contribution in [0.1, 0.15) is 23.2 Å². The molecule has 3 saturated heterocycles. The summed E-state index contributed by atoms with van der Waals surface area (Å²) in [5.74, 6) is 0.643. The Hall–Kier alpha value is -1.88. The van der Waals surface area contributed by atoms with E-state index in [0.717, 1.165) is 12.2 Å². The van der Waals surface area contributed by atoms with Gasteiger partial charge >= 0.3 is 0 Å². The zero-order valence-electron chi connectivity index (χ0n) is 11.3. The van der Waals surface area contributed by atoms with Crippen LogP contribution < -0.4 is 5.32 Å². The lowest BCUT2D eigenvalue weighted by molar-refractivity contribution is 0.0621. The molecule has 3 aliphatic rings. The van der Waals surface area contributed by atoms with Crippen molar-refractivity contribution in [2.45, 2.75) is 18.9 Å². The summed E-state index contributed by atoms with van der Waals surface area (Å²) in [4.78, 5) is 19.2. The lowest BCUT2D eigenvalue weighted by Crippen LogP contribution is -2.57. The highest BCUT2D eigenvalue weighted by Gasteiger charge is 2.35. The fourth-order valence-corrected chi connectivity index (χ4v) is 3.50. The van der Waals surface area contributed by atoms with Crippen LogP contribution in [0, 0.1) is 5.92 Å². The van der Waals surface area contributed by atoms with Crippen LogP contribution in [-0.2, 0) is 0 Å². The van der Waals surface area contributed by atoms with Crippen LogP contribution in [0.15, 0.2) is 30.7 Å². The van der Waals surface area contributed by atoms with Crippen molar-refractivity contribution < 1.29 is 4.79 Å². The highest BCUT2D eigenvalue weighted by molar-refractivity contribution is 5.99. The summed E-state index contributed by atoms with van der Waals surface area (Å²) in [5, 5.41) is 3.21. The molecule has 1 atom stereocenters. The van der Waals surface area contributed by atoms with E-state index in [1.807, 2.05) is 28.9 Å². The number of imidazole rings is 1. The van der Waals surface area contributed by atoms with Crippen molar-refractivity contribution in [2.24, 2.45) is 5.92 Å². The van der Waals surface area contributed by atoms with Gasteiger partial charge in [-0.1, -0.05) is 0 Å². The third-order valence-corrected chi connectivity index (χ3v) is 4.64. The largest absolute Gasteiger partial charge is 0.348 e. The van der Waals surface area contributed by atoms with Crippen molar-refractivity contribution >= 4 is 11.6 Å². The molecule has 0 saturated carbocycles. The van der Waals surface area contributed by atoms with Crippen LogP contribution in [0.25, 0.3) is 5.65 Å². The van der Waals surface area contributed by atoms with Gasteiger partial charge in [0.05, 0.1) is 5.56 Å². The Morgan fingerprint density at radius 1 is 1.30 bits per heavy atom. The Bertz CT molecular complexity index is 642. The van der Waals surface area contributed by atoms with Crippen molar-refractivity contribution in [1.29, 1.82) is 0 Å². The minimum Gasteiger partial charge on any atom is -0.348 e. The lowest BCUT2D eigenvalue weighted by Gasteiger charge is -2.44. The molecule has 104 valence electrons. The smallest absolute Gasteiger partial charge is 0.255 e. The van der Waals surface area contributed by atoms with Gasteiger partial charge in [-0.2, -0.15) is 0 Å². The van der Waals surface area contributed by atoms with Gasteiger partial charge in [0.1, 0.15) is 5.65 Å². The van der Waals surface area contributed by atoms with Crippen molar-refractivity contribution in [3.05, 3.63) is 36.3 Å². The minimum absolute atomic E-state index is 0.000509. The van der Waals surface area contributed by atoms with E-state index < -0.39 is 0 Å². The van der Waals surface area contributed by atoms with E-state index in [2.05, 4.69) is 15.2 Å². The number of carbonyl (C=O) groups is 1. The van der Waals surface area contributed by atoms with Gasteiger partial charge in [-0.15, -0.1) is 0 Å². The Morgan fingerprint density at radius 2 is 2.15 bits per heavy atom. The number of nitrogens with zero attached hydrogens (tertiary/aromatic N) is 3. The van der Waals surface area contributed by atoms with Gasteiger partial charge in [-0.05, 0) is 44.0 Å². The summed E-state index contributed by atoms with van der Waals surface area (Å²) in [6, 6.07) is 4.03. The summed E-state index contributed by atoms with van der Waals surface area (Å²) in [6.07, 6.45) is 7.91. The highest BCUT2D eigenvalue weighted by Crippen LogP contribution is 2.27. The number of rotatable bonds is 2. The van der Waals surface area contributed by atoms with Gasteiger partial charge in [-0.25, -0.2) is 4.98 Å². The molecule has 0 radical (unpaired) electrons. The quantitative estimate of drug-likeness (QED) is 0.891. The van der Waals surface area contributed by atoms with E-state index in [1.165, 1.54) is 25.9 Å². The van der Waals surface area contributed by atoms with E-state index >= 15 is 0 Å². The van der Waals surface area contributed by atoms with E-state index in [9.17, 15) is 4.79 Å². The maximum Gasteiger partial charge on any atom is 0.255 e. The van der Waals surface area contributed by atoms with Crippen LogP contribution in [0.4, 0.5) is 0 Å². The van der Waals surface area contributed by atoms with Crippen molar-refractivity contribution in [3.8, 4) is 0 Å². The molecule has 3 fully saturated rings. The Labute approximate surface area is 117 Å². The minimum atomic E-state index is 0.000509. The molecule has 5 rings (SSSR count). The Balaban J connectivity index is 1.57. The van der Waals surface area contributed by atoms with Crippen molar-refractivity contribution in [3.63, 3.8) is 0 Å². The van der Waals surface area contributed by atoms with Crippen LogP contribution in [0.3, 0.4) is 0 Å². The number of amides is 1. The van der Waals surface area contributed by atoms with E-state index in [1.54, 1.807) is 6.20 Å². The molecule has 0 aromatic carbocycles. The number of piperidine rings is 3. The topological polar surface area (TPSA) is 49.6 Å². The van der Waals surface area contributed by atoms with Crippen molar-refractivity contribution in [2.75, 3.05) is 19.6 Å². The van der Waals surface area contributed by atoms with Crippen LogP contribution >= 0.6 is 0 Å². The van der Waals surface area contributed by atoms with E-state index in [0.29, 0.717) is 17.5 Å². The van der Waals surface area contributed by atoms with Gasteiger partial charge in [0.15, 0.2) is 0 Å². The SMILES string of the molecule is O=C(NC1CN2CCC1CC2)c1cccn2ccnc12. The van der Waals surface area contributed by atoms with Gasteiger partial charge in [0.25, 0.3) is 5.91 Å². The summed E-state index contributed by atoms with van der Waals surface area (Å²) in [5.41, 5.74) is 1.39. The van der Waals surface area contributed by atoms with E-state index in [-0.39, 0.29) is 5.91 Å². The first-order chi connectivity index (χ1) is 9.81.